The maximum atomic E-state index is 12.8. The molecule has 27 heavy (non-hydrogen) atoms. The number of ether oxygens (including phenoxy) is 2. The minimum atomic E-state index is -4.38. The Morgan fingerprint density at radius 2 is 1.78 bits per heavy atom. The third-order valence-corrected chi connectivity index (χ3v) is 4.54. The molecule has 0 radical (unpaired) electrons. The molecular formula is C18H13BrF3N2O2S-. The molecule has 1 N–H and O–H groups in total. The van der Waals surface area contributed by atoms with Gasteiger partial charge in [0.1, 0.15) is 13.2 Å². The van der Waals surface area contributed by atoms with Crippen molar-refractivity contribution >= 4 is 22.2 Å². The molecule has 0 saturated carbocycles. The Labute approximate surface area is 167 Å². The Balaban J connectivity index is 0.00000210. The van der Waals surface area contributed by atoms with Gasteiger partial charge < -0.3 is 31.8 Å². The summed E-state index contributed by atoms with van der Waals surface area (Å²) in [5.41, 5.74) is 1.19. The van der Waals surface area contributed by atoms with Gasteiger partial charge in [0.2, 0.25) is 0 Å². The van der Waals surface area contributed by atoms with E-state index in [1.54, 1.807) is 6.07 Å². The van der Waals surface area contributed by atoms with Gasteiger partial charge in [-0.3, -0.25) is 0 Å². The number of thiazole rings is 1. The van der Waals surface area contributed by atoms with E-state index in [-0.39, 0.29) is 17.0 Å². The average molecular weight is 458 g/mol. The monoisotopic (exact) mass is 457 g/mol. The molecule has 0 saturated heterocycles. The van der Waals surface area contributed by atoms with Crippen LogP contribution in [0.1, 0.15) is 5.56 Å². The van der Waals surface area contributed by atoms with E-state index in [0.29, 0.717) is 41.2 Å². The largest absolute Gasteiger partial charge is 1.00 e. The Bertz CT molecular complexity index is 946. The second kappa shape index (κ2) is 7.77. The maximum absolute atomic E-state index is 12.8. The molecule has 0 fully saturated rings. The van der Waals surface area contributed by atoms with E-state index in [1.807, 2.05) is 23.6 Å². The van der Waals surface area contributed by atoms with Crippen molar-refractivity contribution in [2.24, 2.45) is 0 Å². The Hall–Kier alpha value is -2.26. The van der Waals surface area contributed by atoms with Crippen LogP contribution in [0.3, 0.4) is 0 Å². The Morgan fingerprint density at radius 3 is 2.56 bits per heavy atom. The fourth-order valence-electron chi connectivity index (χ4n) is 2.56. The third kappa shape index (κ3) is 4.36. The number of alkyl halides is 3. The molecule has 0 spiro atoms. The first-order valence-electron chi connectivity index (χ1n) is 7.79. The molecule has 0 atom stereocenters. The minimum Gasteiger partial charge on any atom is -1.00 e. The number of hydrogen-bond donors (Lipinski definition) is 1. The molecule has 3 aromatic rings. The summed E-state index contributed by atoms with van der Waals surface area (Å²) in [6.07, 6.45) is -4.38. The summed E-state index contributed by atoms with van der Waals surface area (Å²) >= 11 is 1.31. The van der Waals surface area contributed by atoms with Crippen LogP contribution in [-0.4, -0.2) is 18.2 Å². The van der Waals surface area contributed by atoms with Crippen LogP contribution in [0.4, 0.5) is 24.0 Å². The van der Waals surface area contributed by atoms with Crippen LogP contribution in [0.2, 0.25) is 0 Å². The Morgan fingerprint density at radius 1 is 1.00 bits per heavy atom. The van der Waals surface area contributed by atoms with Crippen LogP contribution in [-0.2, 0) is 6.18 Å². The van der Waals surface area contributed by atoms with E-state index in [2.05, 4.69) is 10.3 Å². The van der Waals surface area contributed by atoms with Gasteiger partial charge in [0.05, 0.1) is 11.3 Å². The SMILES string of the molecule is FC(F)(F)c1cccc(Nc2nc(-c3ccc4c(c3)OCCO4)cs2)c1.[Br-]. The number of halogens is 4. The molecule has 1 aliphatic heterocycles. The molecule has 4 nitrogen and oxygen atoms in total. The van der Waals surface area contributed by atoms with E-state index in [9.17, 15) is 13.2 Å². The first kappa shape index (κ1) is 19.5. The van der Waals surface area contributed by atoms with Crippen molar-refractivity contribution in [2.75, 3.05) is 18.5 Å². The van der Waals surface area contributed by atoms with Crippen molar-refractivity contribution in [1.29, 1.82) is 0 Å². The first-order valence-corrected chi connectivity index (χ1v) is 8.67. The smallest absolute Gasteiger partial charge is 0.416 e. The molecule has 0 unspecified atom stereocenters. The fraction of sp³-hybridized carbons (Fsp3) is 0.167. The van der Waals surface area contributed by atoms with Gasteiger partial charge in [0.15, 0.2) is 16.6 Å². The minimum absolute atomic E-state index is 0. The lowest BCUT2D eigenvalue weighted by molar-refractivity contribution is -0.137. The van der Waals surface area contributed by atoms with E-state index < -0.39 is 11.7 Å². The second-order valence-electron chi connectivity index (χ2n) is 5.60. The summed E-state index contributed by atoms with van der Waals surface area (Å²) in [6, 6.07) is 10.6. The van der Waals surface area contributed by atoms with E-state index in [1.165, 1.54) is 17.4 Å². The highest BCUT2D eigenvalue weighted by atomic mass is 79.9. The number of rotatable bonds is 3. The molecule has 142 valence electrons. The predicted octanol–water partition coefficient (Wildman–Crippen LogP) is 2.35. The van der Waals surface area contributed by atoms with E-state index in [0.717, 1.165) is 17.7 Å². The van der Waals surface area contributed by atoms with Crippen LogP contribution in [0.5, 0.6) is 11.5 Å². The molecule has 4 rings (SSSR count). The highest BCUT2D eigenvalue weighted by Crippen LogP contribution is 2.36. The highest BCUT2D eigenvalue weighted by Gasteiger charge is 2.30. The van der Waals surface area contributed by atoms with Gasteiger partial charge in [-0.1, -0.05) is 6.07 Å². The van der Waals surface area contributed by atoms with Crippen LogP contribution < -0.4 is 31.8 Å². The number of nitrogens with zero attached hydrogens (tertiary/aromatic N) is 1. The standard InChI is InChI=1S/C18H13F3N2O2S.BrH/c19-18(20,21)12-2-1-3-13(9-12)22-17-23-14(10-26-17)11-4-5-15-16(8-11)25-7-6-24-15;/h1-5,8-10H,6-7H2,(H,22,23);1H/p-1. The molecule has 9 heteroatoms. The van der Waals surface area contributed by atoms with Crippen molar-refractivity contribution in [3.05, 3.63) is 53.4 Å². The third-order valence-electron chi connectivity index (χ3n) is 3.78. The summed E-state index contributed by atoms with van der Waals surface area (Å²) < 4.78 is 49.5. The molecule has 0 amide bonds. The molecule has 2 aromatic carbocycles. The Kier molecular flexibility index (Phi) is 5.61. The van der Waals surface area contributed by atoms with Gasteiger partial charge >= 0.3 is 6.18 Å². The van der Waals surface area contributed by atoms with Gasteiger partial charge in [-0.25, -0.2) is 4.98 Å². The number of nitrogens with one attached hydrogen (secondary N) is 1. The highest BCUT2D eigenvalue weighted by molar-refractivity contribution is 7.14. The van der Waals surface area contributed by atoms with Crippen LogP contribution in [0, 0.1) is 0 Å². The number of aromatic nitrogens is 1. The quantitative estimate of drug-likeness (QED) is 0.655. The van der Waals surface area contributed by atoms with Crippen molar-refractivity contribution in [1.82, 2.24) is 4.98 Å². The predicted molar refractivity (Wildman–Crippen MR) is 93.3 cm³/mol. The number of benzene rings is 2. The lowest BCUT2D eigenvalue weighted by Gasteiger charge is -2.18. The van der Waals surface area contributed by atoms with Crippen molar-refractivity contribution in [2.45, 2.75) is 6.18 Å². The van der Waals surface area contributed by atoms with Crippen molar-refractivity contribution in [3.63, 3.8) is 0 Å². The lowest BCUT2D eigenvalue weighted by atomic mass is 10.1. The average Bonchev–Trinajstić information content (AvgIpc) is 3.09. The normalized spacial score (nSPS) is 13.0. The zero-order chi connectivity index (χ0) is 18.1. The fourth-order valence-corrected chi connectivity index (χ4v) is 3.30. The van der Waals surface area contributed by atoms with Gasteiger partial charge in [0.25, 0.3) is 0 Å². The van der Waals surface area contributed by atoms with Gasteiger partial charge in [-0.15, -0.1) is 11.3 Å². The summed E-state index contributed by atoms with van der Waals surface area (Å²) in [7, 11) is 0. The maximum Gasteiger partial charge on any atom is 0.416 e. The summed E-state index contributed by atoms with van der Waals surface area (Å²) in [5, 5.41) is 5.26. The van der Waals surface area contributed by atoms with Crippen LogP contribution >= 0.6 is 11.3 Å². The molecule has 1 aromatic heterocycles. The lowest BCUT2D eigenvalue weighted by Crippen LogP contribution is -3.00. The topological polar surface area (TPSA) is 43.4 Å². The van der Waals surface area contributed by atoms with E-state index in [4.69, 9.17) is 9.47 Å². The number of anilines is 2. The van der Waals surface area contributed by atoms with Gasteiger partial charge in [-0.2, -0.15) is 13.2 Å². The number of hydrogen-bond acceptors (Lipinski definition) is 5. The van der Waals surface area contributed by atoms with Crippen molar-refractivity contribution < 1.29 is 39.6 Å². The summed E-state index contributed by atoms with van der Waals surface area (Å²) in [6.45, 7) is 1.02. The van der Waals surface area contributed by atoms with Gasteiger partial charge in [-0.05, 0) is 36.4 Å². The van der Waals surface area contributed by atoms with Crippen LogP contribution in [0.25, 0.3) is 11.3 Å². The second-order valence-corrected chi connectivity index (χ2v) is 6.46. The molecule has 2 heterocycles. The zero-order valence-corrected chi connectivity index (χ0v) is 16.1. The summed E-state index contributed by atoms with van der Waals surface area (Å²) in [4.78, 5) is 4.45. The number of fused-ring (bicyclic) bond motifs is 1. The molecule has 0 bridgehead atoms. The van der Waals surface area contributed by atoms with Gasteiger partial charge in [0, 0.05) is 16.6 Å². The van der Waals surface area contributed by atoms with Crippen LogP contribution in [0.15, 0.2) is 47.8 Å². The summed E-state index contributed by atoms with van der Waals surface area (Å²) in [5.74, 6) is 1.35. The molecular weight excluding hydrogens is 445 g/mol. The zero-order valence-electron chi connectivity index (χ0n) is 13.7. The van der Waals surface area contributed by atoms with Crippen molar-refractivity contribution in [3.8, 4) is 22.8 Å². The molecule has 1 aliphatic rings. The first-order chi connectivity index (χ1) is 12.5. The van der Waals surface area contributed by atoms with E-state index >= 15 is 0 Å². The molecule has 0 aliphatic carbocycles.